The van der Waals surface area contributed by atoms with Crippen molar-refractivity contribution in [2.75, 3.05) is 38.2 Å². The van der Waals surface area contributed by atoms with Gasteiger partial charge in [0, 0.05) is 31.4 Å². The molecule has 0 radical (unpaired) electrons. The molecular weight excluding hydrogens is 286 g/mol. The molecule has 0 aromatic carbocycles. The second kappa shape index (κ2) is 9.24. The Morgan fingerprint density at radius 2 is 1.87 bits per heavy atom. The van der Waals surface area contributed by atoms with E-state index in [1.807, 2.05) is 6.20 Å². The number of unbranched alkanes of at least 4 members (excludes halogenated alkanes) is 1. The largest absolute Gasteiger partial charge is 0.396 e. The van der Waals surface area contributed by atoms with E-state index in [0.717, 1.165) is 37.7 Å². The van der Waals surface area contributed by atoms with Gasteiger partial charge in [0.15, 0.2) is 0 Å². The van der Waals surface area contributed by atoms with Gasteiger partial charge in [-0.15, -0.1) is 0 Å². The Kier molecular flexibility index (Phi) is 7.31. The molecule has 1 saturated carbocycles. The van der Waals surface area contributed by atoms with Crippen molar-refractivity contribution in [3.05, 3.63) is 24.0 Å². The number of nitrogens with zero attached hydrogens (tertiary/aromatic N) is 3. The molecule has 1 fully saturated rings. The topological polar surface area (TPSA) is 39.6 Å². The third-order valence-electron chi connectivity index (χ3n) is 4.67. The maximum absolute atomic E-state index is 9.03. The zero-order valence-electron chi connectivity index (χ0n) is 15.0. The van der Waals surface area contributed by atoms with E-state index in [-0.39, 0.29) is 6.61 Å². The highest BCUT2D eigenvalue weighted by Gasteiger charge is 2.25. The molecule has 1 N–H and O–H groups in total. The molecule has 0 amide bonds. The van der Waals surface area contributed by atoms with Crippen LogP contribution in [0.2, 0.25) is 0 Å². The van der Waals surface area contributed by atoms with E-state index in [1.165, 1.54) is 31.5 Å². The SMILES string of the molecule is CC(C)c1ccc(N(CCCCO)CCCN(C)C2CC2)cn1. The number of aliphatic hydroxyl groups is 1. The minimum atomic E-state index is 0.281. The van der Waals surface area contributed by atoms with Crippen LogP contribution in [0.1, 0.15) is 57.6 Å². The van der Waals surface area contributed by atoms with Crippen molar-refractivity contribution in [1.82, 2.24) is 9.88 Å². The zero-order valence-corrected chi connectivity index (χ0v) is 15.0. The summed E-state index contributed by atoms with van der Waals surface area (Å²) in [4.78, 5) is 9.52. The Bertz CT molecular complexity index is 442. The first-order valence-electron chi connectivity index (χ1n) is 9.13. The second-order valence-corrected chi connectivity index (χ2v) is 7.08. The van der Waals surface area contributed by atoms with Crippen molar-refractivity contribution in [1.29, 1.82) is 0 Å². The fraction of sp³-hybridized carbons (Fsp3) is 0.737. The average molecular weight is 319 g/mol. The summed E-state index contributed by atoms with van der Waals surface area (Å²) in [6, 6.07) is 5.19. The molecule has 4 nitrogen and oxygen atoms in total. The fourth-order valence-electron chi connectivity index (χ4n) is 2.92. The minimum Gasteiger partial charge on any atom is -0.396 e. The van der Waals surface area contributed by atoms with Crippen LogP contribution in [0.25, 0.3) is 0 Å². The molecule has 1 aromatic heterocycles. The fourth-order valence-corrected chi connectivity index (χ4v) is 2.92. The van der Waals surface area contributed by atoms with E-state index in [4.69, 9.17) is 5.11 Å². The number of aromatic nitrogens is 1. The van der Waals surface area contributed by atoms with Gasteiger partial charge in [-0.25, -0.2) is 0 Å². The van der Waals surface area contributed by atoms with E-state index in [2.05, 4.69) is 47.8 Å². The summed E-state index contributed by atoms with van der Waals surface area (Å²) in [5.41, 5.74) is 2.36. The Morgan fingerprint density at radius 1 is 1.13 bits per heavy atom. The van der Waals surface area contributed by atoms with Gasteiger partial charge in [-0.1, -0.05) is 13.8 Å². The summed E-state index contributed by atoms with van der Waals surface area (Å²) < 4.78 is 0. The lowest BCUT2D eigenvalue weighted by Crippen LogP contribution is -2.30. The average Bonchev–Trinajstić information content (AvgIpc) is 3.38. The van der Waals surface area contributed by atoms with Crippen molar-refractivity contribution in [3.8, 4) is 0 Å². The minimum absolute atomic E-state index is 0.281. The highest BCUT2D eigenvalue weighted by molar-refractivity contribution is 5.44. The molecule has 0 atom stereocenters. The van der Waals surface area contributed by atoms with Crippen molar-refractivity contribution in [2.24, 2.45) is 0 Å². The van der Waals surface area contributed by atoms with Crippen molar-refractivity contribution < 1.29 is 5.11 Å². The molecule has 1 aliphatic rings. The predicted molar refractivity (Wildman–Crippen MR) is 97.1 cm³/mol. The summed E-state index contributed by atoms with van der Waals surface area (Å²) >= 11 is 0. The molecule has 0 unspecified atom stereocenters. The highest BCUT2D eigenvalue weighted by Crippen LogP contribution is 2.25. The Balaban J connectivity index is 1.88. The lowest BCUT2D eigenvalue weighted by atomic mass is 10.1. The van der Waals surface area contributed by atoms with Gasteiger partial charge in [-0.2, -0.15) is 0 Å². The number of rotatable bonds is 11. The zero-order chi connectivity index (χ0) is 16.7. The molecule has 0 bridgehead atoms. The monoisotopic (exact) mass is 319 g/mol. The van der Waals surface area contributed by atoms with E-state index in [0.29, 0.717) is 5.92 Å². The molecule has 0 aliphatic heterocycles. The van der Waals surface area contributed by atoms with Crippen LogP contribution in [0.4, 0.5) is 5.69 Å². The van der Waals surface area contributed by atoms with Crippen LogP contribution in [0.5, 0.6) is 0 Å². The Hall–Kier alpha value is -1.13. The van der Waals surface area contributed by atoms with Crippen LogP contribution in [0.3, 0.4) is 0 Å². The first-order chi connectivity index (χ1) is 11.1. The van der Waals surface area contributed by atoms with E-state index in [1.54, 1.807) is 0 Å². The summed E-state index contributed by atoms with van der Waals surface area (Å²) in [6.45, 7) is 7.85. The summed E-state index contributed by atoms with van der Waals surface area (Å²) in [5.74, 6) is 0.471. The van der Waals surface area contributed by atoms with Crippen LogP contribution in [-0.4, -0.2) is 54.3 Å². The maximum Gasteiger partial charge on any atom is 0.0552 e. The van der Waals surface area contributed by atoms with E-state index in [9.17, 15) is 0 Å². The van der Waals surface area contributed by atoms with Gasteiger partial charge >= 0.3 is 0 Å². The summed E-state index contributed by atoms with van der Waals surface area (Å²) in [7, 11) is 2.24. The lowest BCUT2D eigenvalue weighted by molar-refractivity contribution is 0.284. The van der Waals surface area contributed by atoms with Gasteiger partial charge < -0.3 is 14.9 Å². The number of hydrogen-bond donors (Lipinski definition) is 1. The van der Waals surface area contributed by atoms with Crippen LogP contribution < -0.4 is 4.90 Å². The van der Waals surface area contributed by atoms with Crippen LogP contribution >= 0.6 is 0 Å². The number of aliphatic hydroxyl groups excluding tert-OH is 1. The maximum atomic E-state index is 9.03. The number of anilines is 1. The molecule has 23 heavy (non-hydrogen) atoms. The molecule has 130 valence electrons. The van der Waals surface area contributed by atoms with Crippen LogP contribution in [-0.2, 0) is 0 Å². The molecule has 4 heteroatoms. The van der Waals surface area contributed by atoms with Gasteiger partial charge in [0.2, 0.25) is 0 Å². The Labute approximate surface area is 141 Å². The second-order valence-electron chi connectivity index (χ2n) is 7.08. The third kappa shape index (κ3) is 6.11. The van der Waals surface area contributed by atoms with Gasteiger partial charge in [0.05, 0.1) is 11.9 Å². The normalized spacial score (nSPS) is 14.7. The van der Waals surface area contributed by atoms with E-state index >= 15 is 0 Å². The summed E-state index contributed by atoms with van der Waals surface area (Å²) in [6.07, 6.45) is 7.84. The molecule has 1 aliphatic carbocycles. The summed E-state index contributed by atoms with van der Waals surface area (Å²) in [5, 5.41) is 9.03. The Morgan fingerprint density at radius 3 is 2.43 bits per heavy atom. The van der Waals surface area contributed by atoms with Gasteiger partial charge in [0.25, 0.3) is 0 Å². The highest BCUT2D eigenvalue weighted by atomic mass is 16.2. The standard InChI is InChI=1S/C19H33N3O/c1-16(2)19-10-9-18(15-20-19)22(12-4-5-14-23)13-6-11-21(3)17-7-8-17/h9-10,15-17,23H,4-8,11-14H2,1-3H3. The third-order valence-corrected chi connectivity index (χ3v) is 4.67. The molecule has 1 aromatic rings. The van der Waals surface area contributed by atoms with Crippen LogP contribution in [0.15, 0.2) is 18.3 Å². The number of pyridine rings is 1. The molecule has 1 heterocycles. The first-order valence-corrected chi connectivity index (χ1v) is 9.13. The predicted octanol–water partition coefficient (Wildman–Crippen LogP) is 3.27. The van der Waals surface area contributed by atoms with Crippen LogP contribution in [0, 0.1) is 0 Å². The lowest BCUT2D eigenvalue weighted by Gasteiger charge is -2.26. The van der Waals surface area contributed by atoms with Gasteiger partial charge in [-0.3, -0.25) is 4.98 Å². The van der Waals surface area contributed by atoms with E-state index < -0.39 is 0 Å². The molecule has 0 spiro atoms. The van der Waals surface area contributed by atoms with Gasteiger partial charge in [0.1, 0.15) is 0 Å². The quantitative estimate of drug-likeness (QED) is 0.636. The molecule has 2 rings (SSSR count). The van der Waals surface area contributed by atoms with Gasteiger partial charge in [-0.05, 0) is 63.7 Å². The molecule has 0 saturated heterocycles. The molecular formula is C19H33N3O. The smallest absolute Gasteiger partial charge is 0.0552 e. The first kappa shape index (κ1) is 18.2. The van der Waals surface area contributed by atoms with Crippen molar-refractivity contribution in [3.63, 3.8) is 0 Å². The van der Waals surface area contributed by atoms with Crippen molar-refractivity contribution in [2.45, 2.75) is 57.9 Å². The number of hydrogen-bond acceptors (Lipinski definition) is 4. The van der Waals surface area contributed by atoms with Crippen molar-refractivity contribution >= 4 is 5.69 Å².